The molecule has 3 fully saturated rings. The Morgan fingerprint density at radius 2 is 1.94 bits per heavy atom. The van der Waals surface area contributed by atoms with Gasteiger partial charge in [-0.25, -0.2) is 4.79 Å². The topological polar surface area (TPSA) is 168 Å². The third kappa shape index (κ3) is 4.33. The lowest BCUT2D eigenvalue weighted by Crippen LogP contribution is -2.62. The van der Waals surface area contributed by atoms with Crippen molar-refractivity contribution in [1.29, 1.82) is 0 Å². The maximum absolute atomic E-state index is 12.5. The Morgan fingerprint density at radius 3 is 2.66 bits per heavy atom. The molecule has 35 heavy (non-hydrogen) atoms. The molecule has 3 heterocycles. The van der Waals surface area contributed by atoms with Gasteiger partial charge < -0.3 is 49.2 Å². The number of fused-ring (bicyclic) bond motifs is 3. The molecule has 190 valence electrons. The van der Waals surface area contributed by atoms with Crippen molar-refractivity contribution in [3.05, 3.63) is 48.2 Å². The molecule has 5 N–H and O–H groups in total. The number of hydrogen-bond acceptors (Lipinski definition) is 11. The standard InChI is InChI=1S/C24H28O11/c1-23-15(35-23)10-24(30)8-9-31-22(20(23)24)34-21-19(18(29)17(28)14(11-25)32-21)33-16(27)7-4-12-2-5-13(26)6-3-12/h2-9,14-15,17-22,25-26,28-30H,10-11H2,1H3/t14-,15+,17-,18+,19-,20-,21+,22+,23+,24-/m1/s1. The summed E-state index contributed by atoms with van der Waals surface area (Å²) >= 11 is 0. The molecule has 0 amide bonds. The fourth-order valence-electron chi connectivity index (χ4n) is 5.16. The zero-order valence-electron chi connectivity index (χ0n) is 18.8. The van der Waals surface area contributed by atoms with E-state index < -0.39 is 66.7 Å². The molecular weight excluding hydrogens is 464 g/mol. The van der Waals surface area contributed by atoms with Crippen LogP contribution in [0.15, 0.2) is 42.7 Å². The van der Waals surface area contributed by atoms with Crippen LogP contribution in [0.3, 0.4) is 0 Å². The summed E-state index contributed by atoms with van der Waals surface area (Å²) in [6.07, 6.45) is -2.78. The maximum atomic E-state index is 12.5. The normalized spacial score (nSPS) is 43.9. The molecule has 0 aromatic heterocycles. The molecule has 0 radical (unpaired) electrons. The Morgan fingerprint density at radius 1 is 1.20 bits per heavy atom. The van der Waals surface area contributed by atoms with Crippen LogP contribution in [0.1, 0.15) is 18.9 Å². The second-order valence-electron chi connectivity index (χ2n) is 9.44. The van der Waals surface area contributed by atoms with Gasteiger partial charge >= 0.3 is 5.97 Å². The van der Waals surface area contributed by atoms with Gasteiger partial charge in [0.15, 0.2) is 6.10 Å². The molecule has 1 aliphatic carbocycles. The van der Waals surface area contributed by atoms with Crippen LogP contribution in [-0.2, 0) is 28.5 Å². The number of aliphatic hydroxyl groups excluding tert-OH is 3. The Hall–Kier alpha value is -2.51. The van der Waals surface area contributed by atoms with Crippen LogP contribution in [-0.4, -0.2) is 92.4 Å². The predicted molar refractivity (Wildman–Crippen MR) is 116 cm³/mol. The van der Waals surface area contributed by atoms with Crippen LogP contribution < -0.4 is 0 Å². The number of rotatable bonds is 6. The van der Waals surface area contributed by atoms with E-state index in [0.29, 0.717) is 12.0 Å². The number of aromatic hydroxyl groups is 1. The lowest BCUT2D eigenvalue weighted by molar-refractivity contribution is -0.348. The van der Waals surface area contributed by atoms with Crippen LogP contribution in [0.2, 0.25) is 0 Å². The van der Waals surface area contributed by atoms with Gasteiger partial charge in [0, 0.05) is 12.5 Å². The van der Waals surface area contributed by atoms with Gasteiger partial charge in [-0.1, -0.05) is 12.1 Å². The molecule has 10 atom stereocenters. The van der Waals surface area contributed by atoms with Gasteiger partial charge in [0.2, 0.25) is 12.6 Å². The lowest BCUT2D eigenvalue weighted by atomic mass is 9.83. The molecule has 0 bridgehead atoms. The monoisotopic (exact) mass is 492 g/mol. The zero-order chi connectivity index (χ0) is 25.0. The number of carbonyl (C=O) groups is 1. The number of aliphatic hydroxyl groups is 4. The van der Waals surface area contributed by atoms with Crippen LogP contribution >= 0.6 is 0 Å². The SMILES string of the molecule is C[C@]12O[C@H]1C[C@]1(O)C=CO[C@@H](O[C@@H]3O[C@H](CO)[C@@H](O)[C@H](O)[C@H]3OC(=O)C=Cc3ccc(O)cc3)[C@H]21. The molecule has 11 heteroatoms. The highest BCUT2D eigenvalue weighted by Crippen LogP contribution is 2.61. The van der Waals surface area contributed by atoms with Gasteiger partial charge in [0.1, 0.15) is 35.3 Å². The third-order valence-electron chi connectivity index (χ3n) is 7.14. The summed E-state index contributed by atoms with van der Waals surface area (Å²) < 4.78 is 28.3. The molecule has 0 unspecified atom stereocenters. The highest BCUT2D eigenvalue weighted by molar-refractivity contribution is 5.87. The van der Waals surface area contributed by atoms with E-state index in [-0.39, 0.29) is 11.9 Å². The number of ether oxygens (including phenoxy) is 5. The van der Waals surface area contributed by atoms with Crippen molar-refractivity contribution in [2.24, 2.45) is 5.92 Å². The Labute approximate surface area is 200 Å². The third-order valence-corrected chi connectivity index (χ3v) is 7.14. The summed E-state index contributed by atoms with van der Waals surface area (Å²) in [7, 11) is 0. The first-order valence-electron chi connectivity index (χ1n) is 11.3. The van der Waals surface area contributed by atoms with E-state index >= 15 is 0 Å². The second kappa shape index (κ2) is 8.86. The fraction of sp³-hybridized carbons (Fsp3) is 0.542. The molecule has 1 aromatic rings. The van der Waals surface area contributed by atoms with Crippen molar-refractivity contribution in [1.82, 2.24) is 0 Å². The molecule has 5 rings (SSSR count). The number of epoxide rings is 1. The second-order valence-corrected chi connectivity index (χ2v) is 9.44. The minimum atomic E-state index is -1.64. The van der Waals surface area contributed by atoms with E-state index in [2.05, 4.69) is 0 Å². The van der Waals surface area contributed by atoms with Crippen LogP contribution in [0.25, 0.3) is 6.08 Å². The summed E-state index contributed by atoms with van der Waals surface area (Å²) in [6, 6.07) is 6.08. The molecule has 2 saturated heterocycles. The van der Waals surface area contributed by atoms with E-state index in [4.69, 9.17) is 23.7 Å². The van der Waals surface area contributed by atoms with Gasteiger partial charge in [-0.2, -0.15) is 0 Å². The van der Waals surface area contributed by atoms with E-state index in [1.807, 2.05) is 6.92 Å². The van der Waals surface area contributed by atoms with E-state index in [9.17, 15) is 30.3 Å². The van der Waals surface area contributed by atoms with Crippen molar-refractivity contribution in [3.63, 3.8) is 0 Å². The largest absolute Gasteiger partial charge is 0.508 e. The van der Waals surface area contributed by atoms with E-state index in [1.54, 1.807) is 18.2 Å². The number of hydrogen-bond donors (Lipinski definition) is 5. The van der Waals surface area contributed by atoms with Crippen molar-refractivity contribution in [3.8, 4) is 5.75 Å². The van der Waals surface area contributed by atoms with Gasteiger partial charge in [-0.05, 0) is 36.8 Å². The quantitative estimate of drug-likeness (QED) is 0.198. The number of benzene rings is 1. The number of carbonyl (C=O) groups excluding carboxylic acids is 1. The summed E-state index contributed by atoms with van der Waals surface area (Å²) in [6.45, 7) is 1.21. The number of esters is 1. The molecule has 4 aliphatic rings. The van der Waals surface area contributed by atoms with Crippen LogP contribution in [0.5, 0.6) is 5.75 Å². The fourth-order valence-corrected chi connectivity index (χ4v) is 5.16. The average molecular weight is 492 g/mol. The molecule has 3 aliphatic heterocycles. The van der Waals surface area contributed by atoms with Crippen LogP contribution in [0.4, 0.5) is 0 Å². The smallest absolute Gasteiger partial charge is 0.331 e. The van der Waals surface area contributed by atoms with Crippen molar-refractivity contribution >= 4 is 12.0 Å². The minimum absolute atomic E-state index is 0.0744. The van der Waals surface area contributed by atoms with Crippen molar-refractivity contribution in [2.45, 2.75) is 67.6 Å². The summed E-state index contributed by atoms with van der Waals surface area (Å²) in [4.78, 5) is 12.5. The highest BCUT2D eigenvalue weighted by atomic mass is 16.8. The molecule has 11 nitrogen and oxygen atoms in total. The van der Waals surface area contributed by atoms with Gasteiger partial charge in [-0.15, -0.1) is 0 Å². The average Bonchev–Trinajstić information content (AvgIpc) is 3.39. The van der Waals surface area contributed by atoms with Crippen molar-refractivity contribution in [2.75, 3.05) is 6.61 Å². The molecular formula is C24H28O11. The number of phenolic OH excluding ortho intramolecular Hbond substituents is 1. The Balaban J connectivity index is 1.33. The first-order valence-corrected chi connectivity index (χ1v) is 11.3. The minimum Gasteiger partial charge on any atom is -0.508 e. The zero-order valence-corrected chi connectivity index (χ0v) is 18.8. The van der Waals surface area contributed by atoms with E-state index in [1.165, 1.54) is 24.5 Å². The van der Waals surface area contributed by atoms with Gasteiger partial charge in [0.25, 0.3) is 0 Å². The highest BCUT2D eigenvalue weighted by Gasteiger charge is 2.74. The number of phenols is 1. The predicted octanol–water partition coefficient (Wildman–Crippen LogP) is -0.449. The summed E-state index contributed by atoms with van der Waals surface area (Å²) in [5.41, 5.74) is -1.31. The van der Waals surface area contributed by atoms with Gasteiger partial charge in [0.05, 0.1) is 24.9 Å². The lowest BCUT2D eigenvalue weighted by Gasteiger charge is -2.45. The first-order chi connectivity index (χ1) is 16.6. The Kier molecular flexibility index (Phi) is 6.12. The summed E-state index contributed by atoms with van der Waals surface area (Å²) in [5.74, 6) is -1.41. The van der Waals surface area contributed by atoms with E-state index in [0.717, 1.165) is 6.08 Å². The van der Waals surface area contributed by atoms with Gasteiger partial charge in [-0.3, -0.25) is 0 Å². The van der Waals surface area contributed by atoms with Crippen molar-refractivity contribution < 1.29 is 54.0 Å². The van der Waals surface area contributed by atoms with Crippen LogP contribution in [0, 0.1) is 5.92 Å². The Bertz CT molecular complexity index is 1010. The summed E-state index contributed by atoms with van der Waals surface area (Å²) in [5, 5.41) is 51.0. The maximum Gasteiger partial charge on any atom is 0.331 e. The molecule has 1 aromatic carbocycles. The molecule has 0 spiro atoms. The molecule has 1 saturated carbocycles. The first kappa shape index (κ1) is 24.2.